The van der Waals surface area contributed by atoms with E-state index in [0.29, 0.717) is 17.7 Å². The highest BCUT2D eigenvalue weighted by Gasteiger charge is 2.13. The second kappa shape index (κ2) is 8.14. The number of nitrogens with two attached hydrogens (primary N) is 1. The van der Waals surface area contributed by atoms with E-state index in [2.05, 4.69) is 5.32 Å². The zero-order chi connectivity index (χ0) is 18.4. The summed E-state index contributed by atoms with van der Waals surface area (Å²) in [7, 11) is 3.05. The summed E-state index contributed by atoms with van der Waals surface area (Å²) < 4.78 is 18.6. The number of urea groups is 1. The van der Waals surface area contributed by atoms with Gasteiger partial charge in [-0.1, -0.05) is 18.2 Å². The summed E-state index contributed by atoms with van der Waals surface area (Å²) in [5, 5.41) is 2.48. The van der Waals surface area contributed by atoms with Crippen molar-refractivity contribution in [1.82, 2.24) is 10.2 Å². The third-order valence-electron chi connectivity index (χ3n) is 3.65. The van der Waals surface area contributed by atoms with E-state index in [1.165, 1.54) is 24.1 Å². The third-order valence-corrected chi connectivity index (χ3v) is 3.65. The molecule has 0 heterocycles. The molecule has 0 spiro atoms. The second-order valence-electron chi connectivity index (χ2n) is 5.54. The van der Waals surface area contributed by atoms with Gasteiger partial charge in [-0.15, -0.1) is 0 Å². The lowest BCUT2D eigenvalue weighted by molar-refractivity contribution is 0.0785. The van der Waals surface area contributed by atoms with E-state index in [9.17, 15) is 14.0 Å². The van der Waals surface area contributed by atoms with Crippen molar-refractivity contribution in [1.29, 1.82) is 0 Å². The lowest BCUT2D eigenvalue weighted by Gasteiger charge is -2.18. The van der Waals surface area contributed by atoms with Crippen molar-refractivity contribution in [3.63, 3.8) is 0 Å². The Labute approximate surface area is 145 Å². The summed E-state index contributed by atoms with van der Waals surface area (Å²) in [5.41, 5.74) is 7.01. The standard InChI is InChI=1S/C18H20FN3O3/c1-22(11-13-5-8-16(25-2)15(19)9-13)17(23)14-6-3-12(4-7-14)10-21-18(20)24/h3-9H,10-11H2,1-2H3,(H3,20,21,24). The van der Waals surface area contributed by atoms with Gasteiger partial charge in [0.25, 0.3) is 5.91 Å². The van der Waals surface area contributed by atoms with Crippen LogP contribution < -0.4 is 15.8 Å². The Morgan fingerprint density at radius 3 is 2.36 bits per heavy atom. The molecule has 6 nitrogen and oxygen atoms in total. The summed E-state index contributed by atoms with van der Waals surface area (Å²) in [6, 6.07) is 10.8. The van der Waals surface area contributed by atoms with Crippen molar-refractivity contribution < 1.29 is 18.7 Å². The molecule has 7 heteroatoms. The van der Waals surface area contributed by atoms with Gasteiger partial charge in [0.05, 0.1) is 7.11 Å². The number of halogens is 1. The van der Waals surface area contributed by atoms with Gasteiger partial charge in [0, 0.05) is 25.7 Å². The number of carbonyl (C=O) groups excluding carboxylic acids is 2. The highest BCUT2D eigenvalue weighted by molar-refractivity contribution is 5.94. The lowest BCUT2D eigenvalue weighted by Crippen LogP contribution is -2.28. The summed E-state index contributed by atoms with van der Waals surface area (Å²) >= 11 is 0. The van der Waals surface area contributed by atoms with Crippen molar-refractivity contribution in [3.8, 4) is 5.75 Å². The highest BCUT2D eigenvalue weighted by atomic mass is 19.1. The molecule has 0 aliphatic carbocycles. The molecule has 0 aliphatic rings. The van der Waals surface area contributed by atoms with E-state index >= 15 is 0 Å². The normalized spacial score (nSPS) is 10.2. The van der Waals surface area contributed by atoms with Crippen LogP contribution in [0.2, 0.25) is 0 Å². The van der Waals surface area contributed by atoms with Crippen LogP contribution in [0, 0.1) is 5.82 Å². The van der Waals surface area contributed by atoms with Gasteiger partial charge < -0.3 is 20.7 Å². The molecule has 3 amide bonds. The van der Waals surface area contributed by atoms with Crippen LogP contribution in [0.5, 0.6) is 5.75 Å². The first kappa shape index (κ1) is 18.3. The Balaban J connectivity index is 2.01. The first-order valence-corrected chi connectivity index (χ1v) is 7.61. The lowest BCUT2D eigenvalue weighted by atomic mass is 10.1. The Hall–Kier alpha value is -3.09. The molecule has 3 N–H and O–H groups in total. The molecule has 0 radical (unpaired) electrons. The van der Waals surface area contributed by atoms with Gasteiger partial charge >= 0.3 is 6.03 Å². The Kier molecular flexibility index (Phi) is 5.94. The van der Waals surface area contributed by atoms with Crippen LogP contribution in [0.25, 0.3) is 0 Å². The number of methoxy groups -OCH3 is 1. The molecular weight excluding hydrogens is 325 g/mol. The Morgan fingerprint density at radius 1 is 1.16 bits per heavy atom. The minimum absolute atomic E-state index is 0.165. The van der Waals surface area contributed by atoms with E-state index in [0.717, 1.165) is 5.56 Å². The number of rotatable bonds is 6. The van der Waals surface area contributed by atoms with Gasteiger partial charge in [-0.05, 0) is 35.4 Å². The van der Waals surface area contributed by atoms with E-state index in [1.54, 1.807) is 37.4 Å². The topological polar surface area (TPSA) is 84.7 Å². The zero-order valence-electron chi connectivity index (χ0n) is 14.1. The quantitative estimate of drug-likeness (QED) is 0.842. The fourth-order valence-electron chi connectivity index (χ4n) is 2.33. The van der Waals surface area contributed by atoms with Gasteiger partial charge in [-0.25, -0.2) is 9.18 Å². The van der Waals surface area contributed by atoms with E-state index in [-0.39, 0.29) is 18.2 Å². The molecular formula is C18H20FN3O3. The van der Waals surface area contributed by atoms with Gasteiger partial charge in [-0.3, -0.25) is 4.79 Å². The van der Waals surface area contributed by atoms with E-state index in [4.69, 9.17) is 10.5 Å². The molecule has 0 unspecified atom stereocenters. The number of carbonyl (C=O) groups is 2. The molecule has 0 aliphatic heterocycles. The molecule has 2 aromatic rings. The maximum Gasteiger partial charge on any atom is 0.312 e. The van der Waals surface area contributed by atoms with Crippen molar-refractivity contribution >= 4 is 11.9 Å². The number of nitrogens with one attached hydrogen (secondary N) is 1. The van der Waals surface area contributed by atoms with Gasteiger partial charge in [0.2, 0.25) is 0 Å². The van der Waals surface area contributed by atoms with E-state index in [1.807, 2.05) is 0 Å². The smallest absolute Gasteiger partial charge is 0.312 e. The number of benzene rings is 2. The zero-order valence-corrected chi connectivity index (χ0v) is 14.1. The molecule has 0 atom stereocenters. The highest BCUT2D eigenvalue weighted by Crippen LogP contribution is 2.19. The van der Waals surface area contributed by atoms with E-state index < -0.39 is 11.8 Å². The molecule has 2 rings (SSSR count). The van der Waals surface area contributed by atoms with Crippen molar-refractivity contribution in [2.75, 3.05) is 14.2 Å². The van der Waals surface area contributed by atoms with Gasteiger partial charge in [0.1, 0.15) is 0 Å². The number of nitrogens with zero attached hydrogens (tertiary/aromatic N) is 1. The van der Waals surface area contributed by atoms with Crippen LogP contribution in [0.3, 0.4) is 0 Å². The SMILES string of the molecule is COc1ccc(CN(C)C(=O)c2ccc(CNC(N)=O)cc2)cc1F. The van der Waals surface area contributed by atoms with Gasteiger partial charge in [-0.2, -0.15) is 0 Å². The Morgan fingerprint density at radius 2 is 1.80 bits per heavy atom. The summed E-state index contributed by atoms with van der Waals surface area (Å²) in [6.45, 7) is 0.565. The maximum absolute atomic E-state index is 13.7. The number of primary amides is 1. The molecule has 0 aromatic heterocycles. The predicted octanol–water partition coefficient (Wildman–Crippen LogP) is 2.27. The fraction of sp³-hybridized carbons (Fsp3) is 0.222. The van der Waals surface area contributed by atoms with Crippen molar-refractivity contribution in [2.24, 2.45) is 5.73 Å². The number of hydrogen-bond acceptors (Lipinski definition) is 3. The summed E-state index contributed by atoms with van der Waals surface area (Å²) in [6.07, 6.45) is 0. The molecule has 2 aromatic carbocycles. The van der Waals surface area contributed by atoms with Crippen molar-refractivity contribution in [3.05, 3.63) is 65.0 Å². The average molecular weight is 345 g/mol. The molecule has 0 fully saturated rings. The first-order chi connectivity index (χ1) is 11.9. The molecule has 132 valence electrons. The second-order valence-corrected chi connectivity index (χ2v) is 5.54. The van der Waals surface area contributed by atoms with Crippen LogP contribution in [0.1, 0.15) is 21.5 Å². The first-order valence-electron chi connectivity index (χ1n) is 7.61. The summed E-state index contributed by atoms with van der Waals surface area (Å²) in [4.78, 5) is 24.6. The van der Waals surface area contributed by atoms with Crippen LogP contribution in [0.4, 0.5) is 9.18 Å². The Bertz CT molecular complexity index is 763. The van der Waals surface area contributed by atoms with Crippen molar-refractivity contribution in [2.45, 2.75) is 13.1 Å². The number of amides is 3. The maximum atomic E-state index is 13.7. The van der Waals surface area contributed by atoms with Crippen LogP contribution in [0.15, 0.2) is 42.5 Å². The van der Waals surface area contributed by atoms with Crippen LogP contribution >= 0.6 is 0 Å². The third kappa shape index (κ3) is 4.94. The minimum atomic E-state index is -0.605. The van der Waals surface area contributed by atoms with Gasteiger partial charge in [0.15, 0.2) is 11.6 Å². The molecule has 0 saturated carbocycles. The number of ether oxygens (including phenoxy) is 1. The number of hydrogen-bond donors (Lipinski definition) is 2. The van der Waals surface area contributed by atoms with Crippen LogP contribution in [-0.2, 0) is 13.1 Å². The largest absolute Gasteiger partial charge is 0.494 e. The van der Waals surface area contributed by atoms with Crippen LogP contribution in [-0.4, -0.2) is 31.0 Å². The summed E-state index contributed by atoms with van der Waals surface area (Å²) in [5.74, 6) is -0.490. The minimum Gasteiger partial charge on any atom is -0.494 e. The predicted molar refractivity (Wildman–Crippen MR) is 91.6 cm³/mol. The molecule has 25 heavy (non-hydrogen) atoms. The fourth-order valence-corrected chi connectivity index (χ4v) is 2.33. The average Bonchev–Trinajstić information content (AvgIpc) is 2.60. The molecule has 0 bridgehead atoms. The molecule has 0 saturated heterocycles. The monoisotopic (exact) mass is 345 g/mol.